The van der Waals surface area contributed by atoms with Gasteiger partial charge in [0.1, 0.15) is 5.82 Å². The number of amides is 1. The summed E-state index contributed by atoms with van der Waals surface area (Å²) >= 11 is 0. The first-order valence-electron chi connectivity index (χ1n) is 6.26. The molecule has 0 atom stereocenters. The van der Waals surface area contributed by atoms with Crippen molar-refractivity contribution >= 4 is 5.91 Å². The number of rotatable bonds is 5. The fourth-order valence-corrected chi connectivity index (χ4v) is 1.54. The number of nitrogens with zero attached hydrogens (tertiary/aromatic N) is 3. The Hall–Kier alpha value is -2.72. The fraction of sp³-hybridized carbons (Fsp3) is 0.333. The van der Waals surface area contributed by atoms with Crippen molar-refractivity contribution in [3.05, 3.63) is 35.3 Å². The van der Waals surface area contributed by atoms with Crippen LogP contribution in [-0.4, -0.2) is 38.9 Å². The van der Waals surface area contributed by atoms with E-state index in [2.05, 4.69) is 30.2 Å². The smallest absolute Gasteiger partial charge is 0.422 e. The van der Waals surface area contributed by atoms with Gasteiger partial charge in [0, 0.05) is 6.20 Å². The molecule has 2 rings (SSSR count). The number of halogens is 4. The first kappa shape index (κ1) is 16.6. The number of aryl methyl sites for hydroxylation is 1. The van der Waals surface area contributed by atoms with Crippen molar-refractivity contribution in [1.82, 2.24) is 25.5 Å². The van der Waals surface area contributed by atoms with Gasteiger partial charge in [0.05, 0.1) is 12.1 Å². The summed E-state index contributed by atoms with van der Waals surface area (Å²) in [6, 6.07) is 0.733. The van der Waals surface area contributed by atoms with E-state index < -0.39 is 30.4 Å². The molecular weight excluding hydrogens is 322 g/mol. The predicted octanol–water partition coefficient (Wildman–Crippen LogP) is 1.52. The van der Waals surface area contributed by atoms with E-state index in [-0.39, 0.29) is 12.1 Å². The van der Waals surface area contributed by atoms with Crippen LogP contribution in [-0.2, 0) is 6.54 Å². The van der Waals surface area contributed by atoms with Gasteiger partial charge in [0.2, 0.25) is 0 Å². The number of carbonyl (C=O) groups is 1. The van der Waals surface area contributed by atoms with Crippen LogP contribution < -0.4 is 10.1 Å². The molecule has 0 bridgehead atoms. The number of hydrogen-bond donors (Lipinski definition) is 2. The highest BCUT2D eigenvalue weighted by atomic mass is 19.4. The third-order valence-electron chi connectivity index (χ3n) is 2.49. The zero-order valence-electron chi connectivity index (χ0n) is 11.7. The minimum Gasteiger partial charge on any atom is -0.466 e. The zero-order valence-corrected chi connectivity index (χ0v) is 11.7. The van der Waals surface area contributed by atoms with Crippen molar-refractivity contribution in [3.8, 4) is 5.88 Å². The first-order valence-corrected chi connectivity index (χ1v) is 6.26. The molecule has 1 amide bonds. The molecule has 0 unspecified atom stereocenters. The van der Waals surface area contributed by atoms with Gasteiger partial charge in [-0.1, -0.05) is 0 Å². The maximum Gasteiger partial charge on any atom is 0.422 e. The summed E-state index contributed by atoms with van der Waals surface area (Å²) in [6.07, 6.45) is -3.70. The zero-order chi connectivity index (χ0) is 17.0. The number of aromatic amines is 1. The minimum absolute atomic E-state index is 0.00286. The molecule has 0 aliphatic heterocycles. The molecule has 2 aromatic rings. The largest absolute Gasteiger partial charge is 0.466 e. The van der Waals surface area contributed by atoms with Crippen molar-refractivity contribution in [2.45, 2.75) is 19.6 Å². The van der Waals surface area contributed by atoms with E-state index in [1.807, 2.05) is 0 Å². The molecule has 7 nitrogen and oxygen atoms in total. The predicted molar refractivity (Wildman–Crippen MR) is 68.0 cm³/mol. The summed E-state index contributed by atoms with van der Waals surface area (Å²) in [7, 11) is 0. The second-order valence-electron chi connectivity index (χ2n) is 4.43. The van der Waals surface area contributed by atoms with E-state index in [1.165, 1.54) is 0 Å². The molecule has 11 heteroatoms. The van der Waals surface area contributed by atoms with Gasteiger partial charge >= 0.3 is 6.18 Å². The number of pyridine rings is 1. The molecule has 0 fully saturated rings. The fourth-order valence-electron chi connectivity index (χ4n) is 1.54. The van der Waals surface area contributed by atoms with E-state index in [9.17, 15) is 22.4 Å². The van der Waals surface area contributed by atoms with Crippen LogP contribution in [0.2, 0.25) is 0 Å². The lowest BCUT2D eigenvalue weighted by atomic mass is 10.2. The van der Waals surface area contributed by atoms with Gasteiger partial charge in [0.15, 0.2) is 18.2 Å². The molecule has 2 N–H and O–H groups in total. The van der Waals surface area contributed by atoms with Gasteiger partial charge < -0.3 is 10.1 Å². The summed E-state index contributed by atoms with van der Waals surface area (Å²) in [5, 5.41) is 8.80. The normalized spacial score (nSPS) is 11.3. The topological polar surface area (TPSA) is 92.8 Å². The Morgan fingerprint density at radius 3 is 2.74 bits per heavy atom. The van der Waals surface area contributed by atoms with Crippen molar-refractivity contribution in [3.63, 3.8) is 0 Å². The van der Waals surface area contributed by atoms with Crippen LogP contribution in [0.25, 0.3) is 0 Å². The van der Waals surface area contributed by atoms with Crippen LogP contribution >= 0.6 is 0 Å². The summed E-state index contributed by atoms with van der Waals surface area (Å²) in [4.78, 5) is 19.1. The quantitative estimate of drug-likeness (QED) is 0.809. The second kappa shape index (κ2) is 6.58. The molecule has 0 aromatic carbocycles. The average Bonchev–Trinajstić information content (AvgIpc) is 2.88. The summed E-state index contributed by atoms with van der Waals surface area (Å²) in [5.41, 5.74) is -0.172. The SMILES string of the molecule is Cc1nc(CNC(=O)c2cnc(OCC(F)(F)F)c(F)c2)n[nH]1. The van der Waals surface area contributed by atoms with Gasteiger partial charge in [0.25, 0.3) is 11.8 Å². The van der Waals surface area contributed by atoms with E-state index in [0.717, 1.165) is 12.3 Å². The van der Waals surface area contributed by atoms with Gasteiger partial charge in [-0.05, 0) is 13.0 Å². The third-order valence-corrected chi connectivity index (χ3v) is 2.49. The van der Waals surface area contributed by atoms with Crippen molar-refractivity contribution in [2.75, 3.05) is 6.61 Å². The molecule has 0 spiro atoms. The molecule has 2 aromatic heterocycles. The molecule has 0 saturated carbocycles. The van der Waals surface area contributed by atoms with E-state index in [4.69, 9.17) is 0 Å². The molecular formula is C12H11F4N5O2. The monoisotopic (exact) mass is 333 g/mol. The standard InChI is InChI=1S/C12H11F4N5O2/c1-6-19-9(21-20-6)4-17-10(22)7-2-8(13)11(18-3-7)23-5-12(14,15)16/h2-3H,4-5H2,1H3,(H,17,22)(H,19,20,21). The van der Waals surface area contributed by atoms with Crippen LogP contribution in [0.15, 0.2) is 12.3 Å². The maximum absolute atomic E-state index is 13.6. The van der Waals surface area contributed by atoms with Crippen LogP contribution in [0.5, 0.6) is 5.88 Å². The number of alkyl halides is 3. The molecule has 124 valence electrons. The summed E-state index contributed by atoms with van der Waals surface area (Å²) in [6.45, 7) is 0.00104. The Morgan fingerprint density at radius 2 is 2.17 bits per heavy atom. The number of ether oxygens (including phenoxy) is 1. The first-order chi connectivity index (χ1) is 10.7. The molecule has 0 saturated heterocycles. The van der Waals surface area contributed by atoms with E-state index >= 15 is 0 Å². The van der Waals surface area contributed by atoms with E-state index in [0.29, 0.717) is 11.6 Å². The molecule has 0 aliphatic rings. The highest BCUT2D eigenvalue weighted by Crippen LogP contribution is 2.19. The molecule has 0 aliphatic carbocycles. The number of hydrogen-bond acceptors (Lipinski definition) is 5. The van der Waals surface area contributed by atoms with Crippen molar-refractivity contribution in [2.24, 2.45) is 0 Å². The van der Waals surface area contributed by atoms with E-state index in [1.54, 1.807) is 6.92 Å². The highest BCUT2D eigenvalue weighted by Gasteiger charge is 2.29. The average molecular weight is 333 g/mol. The highest BCUT2D eigenvalue weighted by molar-refractivity contribution is 5.93. The molecule has 23 heavy (non-hydrogen) atoms. The van der Waals surface area contributed by atoms with Crippen LogP contribution in [0.3, 0.4) is 0 Å². The second-order valence-corrected chi connectivity index (χ2v) is 4.43. The Kier molecular flexibility index (Phi) is 4.77. The summed E-state index contributed by atoms with van der Waals surface area (Å²) in [5.74, 6) is -1.79. The Morgan fingerprint density at radius 1 is 1.43 bits per heavy atom. The maximum atomic E-state index is 13.6. The Labute approximate surface area is 127 Å². The third kappa shape index (κ3) is 4.90. The lowest BCUT2D eigenvalue weighted by Gasteiger charge is -2.09. The lowest BCUT2D eigenvalue weighted by Crippen LogP contribution is -2.24. The van der Waals surface area contributed by atoms with Gasteiger partial charge in [-0.25, -0.2) is 14.4 Å². The number of H-pyrrole nitrogens is 1. The summed E-state index contributed by atoms with van der Waals surface area (Å²) < 4.78 is 53.8. The molecule has 2 heterocycles. The van der Waals surface area contributed by atoms with Crippen molar-refractivity contribution in [1.29, 1.82) is 0 Å². The van der Waals surface area contributed by atoms with Gasteiger partial charge in [-0.15, -0.1) is 0 Å². The number of carbonyl (C=O) groups excluding carboxylic acids is 1. The Balaban J connectivity index is 1.97. The Bertz CT molecular complexity index is 701. The van der Waals surface area contributed by atoms with Gasteiger partial charge in [-0.3, -0.25) is 9.89 Å². The van der Waals surface area contributed by atoms with Gasteiger partial charge in [-0.2, -0.15) is 18.3 Å². The number of nitrogens with one attached hydrogen (secondary N) is 2. The molecule has 0 radical (unpaired) electrons. The lowest BCUT2D eigenvalue weighted by molar-refractivity contribution is -0.154. The number of aromatic nitrogens is 4. The minimum atomic E-state index is -4.61. The van der Waals surface area contributed by atoms with Crippen LogP contribution in [0.1, 0.15) is 22.0 Å². The van der Waals surface area contributed by atoms with Crippen LogP contribution in [0.4, 0.5) is 17.6 Å². The van der Waals surface area contributed by atoms with Crippen LogP contribution in [0, 0.1) is 12.7 Å². The van der Waals surface area contributed by atoms with Crippen molar-refractivity contribution < 1.29 is 27.1 Å².